The molecule has 0 radical (unpaired) electrons. The van der Waals surface area contributed by atoms with E-state index in [0.29, 0.717) is 14.2 Å². The van der Waals surface area contributed by atoms with Gasteiger partial charge in [-0.25, -0.2) is 0 Å². The number of nitrogens with two attached hydrogens (primary N) is 1. The van der Waals surface area contributed by atoms with Crippen LogP contribution < -0.4 is 5.73 Å². The van der Waals surface area contributed by atoms with Crippen LogP contribution in [0.25, 0.3) is 0 Å². The van der Waals surface area contributed by atoms with Crippen LogP contribution in [-0.2, 0) is 0 Å². The molecule has 0 saturated heterocycles. The smallest absolute Gasteiger partial charge is 0.100 e. The Kier molecular flexibility index (Phi) is 3.16. The van der Waals surface area contributed by atoms with Gasteiger partial charge in [-0.3, -0.25) is 0 Å². The number of aliphatic hydroxyl groups excluding tert-OH is 1. The summed E-state index contributed by atoms with van der Waals surface area (Å²) in [7, 11) is 0. The van der Waals surface area contributed by atoms with Crippen LogP contribution in [0.5, 0.6) is 0 Å². The van der Waals surface area contributed by atoms with Gasteiger partial charge < -0.3 is 10.8 Å². The number of rotatable bonds is 2. The van der Waals surface area contributed by atoms with Crippen LogP contribution in [0.2, 0.25) is 8.67 Å². The Balaban J connectivity index is 2.93. The van der Waals surface area contributed by atoms with Gasteiger partial charge in [0.05, 0.1) is 10.4 Å². The minimum atomic E-state index is -0.703. The number of halogens is 2. The third-order valence-corrected chi connectivity index (χ3v) is 2.78. The molecule has 1 aromatic heterocycles. The predicted molar refractivity (Wildman–Crippen MR) is 48.4 cm³/mol. The largest absolute Gasteiger partial charge is 0.387 e. The average Bonchev–Trinajstić information content (AvgIpc) is 2.28. The van der Waals surface area contributed by atoms with Crippen molar-refractivity contribution in [2.75, 3.05) is 6.54 Å². The van der Waals surface area contributed by atoms with E-state index in [4.69, 9.17) is 28.9 Å². The van der Waals surface area contributed by atoms with Crippen molar-refractivity contribution >= 4 is 34.5 Å². The summed E-state index contributed by atoms with van der Waals surface area (Å²) in [5.74, 6) is 0. The Hall–Kier alpha value is 0.200. The highest BCUT2D eigenvalue weighted by Gasteiger charge is 2.12. The molecule has 2 nitrogen and oxygen atoms in total. The van der Waals surface area contributed by atoms with Crippen LogP contribution in [0.3, 0.4) is 0 Å². The van der Waals surface area contributed by atoms with Crippen LogP contribution in [0, 0.1) is 0 Å². The van der Waals surface area contributed by atoms with Crippen molar-refractivity contribution in [1.82, 2.24) is 0 Å². The average molecular weight is 212 g/mol. The fourth-order valence-corrected chi connectivity index (χ4v) is 2.27. The Morgan fingerprint density at radius 3 is 2.64 bits per heavy atom. The highest BCUT2D eigenvalue weighted by Crippen LogP contribution is 2.34. The Morgan fingerprint density at radius 1 is 1.64 bits per heavy atom. The van der Waals surface area contributed by atoms with Crippen molar-refractivity contribution in [3.63, 3.8) is 0 Å². The lowest BCUT2D eigenvalue weighted by Crippen LogP contribution is -2.10. The quantitative estimate of drug-likeness (QED) is 0.787. The SMILES string of the molecule is NC[C@@H](O)c1cc(Cl)sc1Cl. The number of aliphatic hydroxyl groups is 1. The summed E-state index contributed by atoms with van der Waals surface area (Å²) < 4.78 is 1.07. The lowest BCUT2D eigenvalue weighted by atomic mass is 10.2. The third-order valence-electron chi connectivity index (χ3n) is 1.27. The van der Waals surface area contributed by atoms with E-state index in [9.17, 15) is 5.11 Å². The van der Waals surface area contributed by atoms with E-state index in [1.165, 1.54) is 11.3 Å². The van der Waals surface area contributed by atoms with E-state index in [1.54, 1.807) is 6.07 Å². The molecule has 0 amide bonds. The monoisotopic (exact) mass is 211 g/mol. The molecule has 1 heterocycles. The zero-order chi connectivity index (χ0) is 8.43. The maximum Gasteiger partial charge on any atom is 0.100 e. The van der Waals surface area contributed by atoms with Crippen molar-refractivity contribution in [2.45, 2.75) is 6.10 Å². The molecule has 3 N–H and O–H groups in total. The number of hydrogen-bond acceptors (Lipinski definition) is 3. The first kappa shape index (κ1) is 9.29. The van der Waals surface area contributed by atoms with E-state index < -0.39 is 6.10 Å². The lowest BCUT2D eigenvalue weighted by Gasteiger charge is -2.04. The molecule has 0 aliphatic carbocycles. The molecule has 11 heavy (non-hydrogen) atoms. The van der Waals surface area contributed by atoms with Gasteiger partial charge in [-0.1, -0.05) is 23.2 Å². The second kappa shape index (κ2) is 3.74. The predicted octanol–water partition coefficient (Wildman–Crippen LogP) is 2.05. The van der Waals surface area contributed by atoms with Crippen LogP contribution in [0.4, 0.5) is 0 Å². The molecule has 0 bridgehead atoms. The zero-order valence-electron chi connectivity index (χ0n) is 5.55. The van der Waals surface area contributed by atoms with Gasteiger partial charge in [-0.05, 0) is 6.07 Å². The van der Waals surface area contributed by atoms with Crippen molar-refractivity contribution in [2.24, 2.45) is 5.73 Å². The normalized spacial score (nSPS) is 13.5. The Bertz CT molecular complexity index is 251. The van der Waals surface area contributed by atoms with Gasteiger partial charge >= 0.3 is 0 Å². The van der Waals surface area contributed by atoms with E-state index in [-0.39, 0.29) is 6.54 Å². The van der Waals surface area contributed by atoms with Crippen LogP contribution in [0.15, 0.2) is 6.07 Å². The number of hydrogen-bond donors (Lipinski definition) is 2. The minimum Gasteiger partial charge on any atom is -0.387 e. The molecule has 62 valence electrons. The highest BCUT2D eigenvalue weighted by atomic mass is 35.5. The van der Waals surface area contributed by atoms with E-state index in [2.05, 4.69) is 0 Å². The maximum absolute atomic E-state index is 9.26. The molecule has 1 atom stereocenters. The fourth-order valence-electron chi connectivity index (χ4n) is 0.707. The molecule has 5 heteroatoms. The molecule has 0 aliphatic rings. The summed E-state index contributed by atoms with van der Waals surface area (Å²) in [6, 6.07) is 1.63. The third kappa shape index (κ3) is 2.07. The van der Waals surface area contributed by atoms with Gasteiger partial charge in [0, 0.05) is 12.1 Å². The van der Waals surface area contributed by atoms with Gasteiger partial charge in [0.2, 0.25) is 0 Å². The van der Waals surface area contributed by atoms with Gasteiger partial charge in [0.1, 0.15) is 4.34 Å². The van der Waals surface area contributed by atoms with Gasteiger partial charge in [0.15, 0.2) is 0 Å². The molecule has 0 fully saturated rings. The Morgan fingerprint density at radius 2 is 2.27 bits per heavy atom. The van der Waals surface area contributed by atoms with Gasteiger partial charge in [-0.15, -0.1) is 11.3 Å². The van der Waals surface area contributed by atoms with Crippen molar-refractivity contribution < 1.29 is 5.11 Å². The minimum absolute atomic E-state index is 0.160. The molecule has 1 rings (SSSR count). The Labute approximate surface area is 78.5 Å². The molecule has 0 unspecified atom stereocenters. The molecule has 0 aromatic carbocycles. The van der Waals surface area contributed by atoms with Crippen molar-refractivity contribution in [3.05, 3.63) is 20.3 Å². The van der Waals surface area contributed by atoms with E-state index >= 15 is 0 Å². The number of thiophene rings is 1. The molecule has 0 aliphatic heterocycles. The molecular weight excluding hydrogens is 205 g/mol. The van der Waals surface area contributed by atoms with Crippen LogP contribution in [-0.4, -0.2) is 11.7 Å². The van der Waals surface area contributed by atoms with E-state index in [0.717, 1.165) is 0 Å². The molecule has 0 saturated carbocycles. The first-order valence-electron chi connectivity index (χ1n) is 2.98. The van der Waals surface area contributed by atoms with Crippen LogP contribution in [0.1, 0.15) is 11.7 Å². The maximum atomic E-state index is 9.26. The topological polar surface area (TPSA) is 46.2 Å². The summed E-state index contributed by atoms with van der Waals surface area (Å²) in [4.78, 5) is 0. The van der Waals surface area contributed by atoms with Gasteiger partial charge in [-0.2, -0.15) is 0 Å². The molecular formula is C6H7Cl2NOS. The summed E-state index contributed by atoms with van der Waals surface area (Å²) in [6.07, 6.45) is -0.703. The first-order valence-corrected chi connectivity index (χ1v) is 4.55. The van der Waals surface area contributed by atoms with Crippen molar-refractivity contribution in [3.8, 4) is 0 Å². The standard InChI is InChI=1S/C6H7Cl2NOS/c7-5-1-3(4(10)2-9)6(8)11-5/h1,4,10H,2,9H2/t4-/m1/s1. The van der Waals surface area contributed by atoms with Crippen molar-refractivity contribution in [1.29, 1.82) is 0 Å². The second-order valence-electron chi connectivity index (χ2n) is 2.03. The summed E-state index contributed by atoms with van der Waals surface area (Å²) in [5.41, 5.74) is 5.85. The van der Waals surface area contributed by atoms with Crippen LogP contribution >= 0.6 is 34.5 Å². The first-order chi connectivity index (χ1) is 5.15. The van der Waals surface area contributed by atoms with E-state index in [1.807, 2.05) is 0 Å². The molecule has 0 spiro atoms. The fraction of sp³-hybridized carbons (Fsp3) is 0.333. The molecule has 1 aromatic rings. The highest BCUT2D eigenvalue weighted by molar-refractivity contribution is 7.20. The zero-order valence-corrected chi connectivity index (χ0v) is 7.88. The summed E-state index contributed by atoms with van der Waals surface area (Å²) >= 11 is 12.6. The van der Waals surface area contributed by atoms with Gasteiger partial charge in [0.25, 0.3) is 0 Å². The lowest BCUT2D eigenvalue weighted by molar-refractivity contribution is 0.187. The second-order valence-corrected chi connectivity index (χ2v) is 4.32. The summed E-state index contributed by atoms with van der Waals surface area (Å²) in [5, 5.41) is 9.26. The summed E-state index contributed by atoms with van der Waals surface area (Å²) in [6.45, 7) is 0.160.